The number of benzene rings is 1. The van der Waals surface area contributed by atoms with Crippen molar-refractivity contribution in [2.45, 2.75) is 12.8 Å². The Balaban J connectivity index is 2.10. The summed E-state index contributed by atoms with van der Waals surface area (Å²) in [6, 6.07) is 5.83. The van der Waals surface area contributed by atoms with Gasteiger partial charge in [0, 0.05) is 19.3 Å². The molecule has 1 aromatic rings. The molecular formula is C11H17N3. The Bertz CT molecular complexity index is 331. The van der Waals surface area contributed by atoms with Gasteiger partial charge >= 0.3 is 0 Å². The number of nitrogens with two attached hydrogens (primary N) is 2. The molecule has 0 aromatic heterocycles. The molecule has 0 amide bonds. The van der Waals surface area contributed by atoms with Crippen LogP contribution in [-0.2, 0) is 0 Å². The van der Waals surface area contributed by atoms with Crippen LogP contribution in [-0.4, -0.2) is 13.6 Å². The third-order valence-corrected chi connectivity index (χ3v) is 2.74. The minimum absolute atomic E-state index is 0.661. The summed E-state index contributed by atoms with van der Waals surface area (Å²) in [4.78, 5) is 2.24. The van der Waals surface area contributed by atoms with Crippen LogP contribution < -0.4 is 16.4 Å². The van der Waals surface area contributed by atoms with Crippen molar-refractivity contribution >= 4 is 17.1 Å². The fraction of sp³-hybridized carbons (Fsp3) is 0.455. The molecule has 0 unspecified atom stereocenters. The molecule has 2 rings (SSSR count). The Hall–Kier alpha value is -1.38. The third kappa shape index (κ3) is 1.92. The maximum absolute atomic E-state index is 5.75. The Morgan fingerprint density at radius 3 is 2.57 bits per heavy atom. The third-order valence-electron chi connectivity index (χ3n) is 2.74. The van der Waals surface area contributed by atoms with E-state index in [0.29, 0.717) is 11.4 Å². The standard InChI is InChI=1S/C11H17N3/c1-14(7-8-2-3-8)9-4-5-10(12)11(13)6-9/h4-6,8H,2-3,7,12-13H2,1H3. The minimum atomic E-state index is 0.661. The zero-order valence-electron chi connectivity index (χ0n) is 8.53. The molecule has 14 heavy (non-hydrogen) atoms. The van der Waals surface area contributed by atoms with E-state index in [4.69, 9.17) is 11.5 Å². The van der Waals surface area contributed by atoms with Gasteiger partial charge in [-0.1, -0.05) is 0 Å². The van der Waals surface area contributed by atoms with Crippen LogP contribution in [0.3, 0.4) is 0 Å². The van der Waals surface area contributed by atoms with Crippen LogP contribution >= 0.6 is 0 Å². The molecule has 1 aliphatic rings. The largest absolute Gasteiger partial charge is 0.397 e. The highest BCUT2D eigenvalue weighted by Gasteiger charge is 2.22. The second-order valence-corrected chi connectivity index (χ2v) is 4.14. The fourth-order valence-electron chi connectivity index (χ4n) is 1.59. The van der Waals surface area contributed by atoms with Gasteiger partial charge in [0.25, 0.3) is 0 Å². The summed E-state index contributed by atoms with van der Waals surface area (Å²) in [5.41, 5.74) is 13.9. The van der Waals surface area contributed by atoms with Gasteiger partial charge in [-0.2, -0.15) is 0 Å². The Morgan fingerprint density at radius 2 is 2.00 bits per heavy atom. The van der Waals surface area contributed by atoms with Crippen molar-refractivity contribution in [1.82, 2.24) is 0 Å². The molecule has 0 radical (unpaired) electrons. The van der Waals surface area contributed by atoms with Gasteiger partial charge in [0.2, 0.25) is 0 Å². The lowest BCUT2D eigenvalue weighted by atomic mass is 10.2. The zero-order valence-corrected chi connectivity index (χ0v) is 8.53. The SMILES string of the molecule is CN(CC1CC1)c1ccc(N)c(N)c1. The molecule has 0 bridgehead atoms. The van der Waals surface area contributed by atoms with Gasteiger partial charge in [-0.25, -0.2) is 0 Å². The maximum Gasteiger partial charge on any atom is 0.0568 e. The van der Waals surface area contributed by atoms with Gasteiger partial charge in [-0.15, -0.1) is 0 Å². The molecule has 0 aliphatic heterocycles. The average Bonchev–Trinajstić information content (AvgIpc) is 2.93. The number of hydrogen-bond acceptors (Lipinski definition) is 3. The Morgan fingerprint density at radius 1 is 1.29 bits per heavy atom. The molecule has 1 aromatic carbocycles. The first-order valence-corrected chi connectivity index (χ1v) is 5.03. The number of anilines is 3. The van der Waals surface area contributed by atoms with Gasteiger partial charge in [0.15, 0.2) is 0 Å². The van der Waals surface area contributed by atoms with Gasteiger partial charge in [0.1, 0.15) is 0 Å². The first-order chi connectivity index (χ1) is 6.66. The molecule has 1 saturated carbocycles. The van der Waals surface area contributed by atoms with Crippen LogP contribution in [0.25, 0.3) is 0 Å². The molecule has 1 aliphatic carbocycles. The number of rotatable bonds is 3. The van der Waals surface area contributed by atoms with Crippen LogP contribution in [0.1, 0.15) is 12.8 Å². The van der Waals surface area contributed by atoms with Crippen LogP contribution in [0, 0.1) is 5.92 Å². The van der Waals surface area contributed by atoms with Crippen LogP contribution in [0.2, 0.25) is 0 Å². The van der Waals surface area contributed by atoms with Crippen molar-refractivity contribution in [3.8, 4) is 0 Å². The summed E-state index contributed by atoms with van der Waals surface area (Å²) >= 11 is 0. The summed E-state index contributed by atoms with van der Waals surface area (Å²) in [5, 5.41) is 0. The Labute approximate surface area is 84.7 Å². The number of hydrogen-bond donors (Lipinski definition) is 2. The van der Waals surface area contributed by atoms with E-state index in [1.807, 2.05) is 18.2 Å². The van der Waals surface area contributed by atoms with E-state index >= 15 is 0 Å². The molecule has 3 heteroatoms. The summed E-state index contributed by atoms with van der Waals surface area (Å²) in [7, 11) is 2.10. The lowest BCUT2D eigenvalue weighted by Crippen LogP contribution is -2.20. The summed E-state index contributed by atoms with van der Waals surface area (Å²) in [6.07, 6.45) is 2.74. The monoisotopic (exact) mass is 191 g/mol. The molecule has 0 heterocycles. The predicted molar refractivity (Wildman–Crippen MR) is 61.3 cm³/mol. The number of nitrogen functional groups attached to an aromatic ring is 2. The number of nitrogens with zero attached hydrogens (tertiary/aromatic N) is 1. The predicted octanol–water partition coefficient (Wildman–Crippen LogP) is 1.70. The molecule has 1 fully saturated rings. The second-order valence-electron chi connectivity index (χ2n) is 4.14. The molecule has 76 valence electrons. The van der Waals surface area contributed by atoms with Crippen LogP contribution in [0.15, 0.2) is 18.2 Å². The molecule has 0 spiro atoms. The molecular weight excluding hydrogens is 174 g/mol. The highest BCUT2D eigenvalue weighted by Crippen LogP contribution is 2.31. The van der Waals surface area contributed by atoms with Crippen LogP contribution in [0.4, 0.5) is 17.1 Å². The molecule has 0 saturated heterocycles. The van der Waals surface area contributed by atoms with Crippen molar-refractivity contribution in [2.75, 3.05) is 30.0 Å². The van der Waals surface area contributed by atoms with Crippen molar-refractivity contribution in [2.24, 2.45) is 5.92 Å². The normalized spacial score (nSPS) is 15.5. The summed E-state index contributed by atoms with van der Waals surface area (Å²) in [6.45, 7) is 1.13. The highest BCUT2D eigenvalue weighted by atomic mass is 15.1. The van der Waals surface area contributed by atoms with Gasteiger partial charge < -0.3 is 16.4 Å². The molecule has 4 N–H and O–H groups in total. The maximum atomic E-state index is 5.75. The summed E-state index contributed by atoms with van der Waals surface area (Å²) < 4.78 is 0. The van der Waals surface area contributed by atoms with E-state index in [1.165, 1.54) is 12.8 Å². The Kier molecular flexibility index (Phi) is 2.23. The van der Waals surface area contributed by atoms with E-state index in [1.54, 1.807) is 0 Å². The van der Waals surface area contributed by atoms with Crippen LogP contribution in [0.5, 0.6) is 0 Å². The first-order valence-electron chi connectivity index (χ1n) is 5.03. The molecule has 3 nitrogen and oxygen atoms in total. The zero-order chi connectivity index (χ0) is 10.1. The first kappa shape index (κ1) is 9.19. The van der Waals surface area contributed by atoms with Crippen molar-refractivity contribution < 1.29 is 0 Å². The van der Waals surface area contributed by atoms with E-state index in [2.05, 4.69) is 11.9 Å². The van der Waals surface area contributed by atoms with E-state index in [9.17, 15) is 0 Å². The van der Waals surface area contributed by atoms with Gasteiger partial charge in [0.05, 0.1) is 11.4 Å². The van der Waals surface area contributed by atoms with Crippen molar-refractivity contribution in [1.29, 1.82) is 0 Å². The van der Waals surface area contributed by atoms with Gasteiger partial charge in [-0.3, -0.25) is 0 Å². The second kappa shape index (κ2) is 3.40. The van der Waals surface area contributed by atoms with Crippen molar-refractivity contribution in [3.63, 3.8) is 0 Å². The highest BCUT2D eigenvalue weighted by molar-refractivity contribution is 5.69. The lowest BCUT2D eigenvalue weighted by molar-refractivity contribution is 0.787. The quantitative estimate of drug-likeness (QED) is 0.715. The summed E-state index contributed by atoms with van der Waals surface area (Å²) in [5.74, 6) is 0.888. The van der Waals surface area contributed by atoms with E-state index in [0.717, 1.165) is 18.2 Å². The molecule has 0 atom stereocenters. The van der Waals surface area contributed by atoms with Gasteiger partial charge in [-0.05, 0) is 37.0 Å². The lowest BCUT2D eigenvalue weighted by Gasteiger charge is -2.19. The minimum Gasteiger partial charge on any atom is -0.397 e. The van der Waals surface area contributed by atoms with E-state index in [-0.39, 0.29) is 0 Å². The van der Waals surface area contributed by atoms with E-state index < -0.39 is 0 Å². The topological polar surface area (TPSA) is 55.3 Å². The average molecular weight is 191 g/mol. The van der Waals surface area contributed by atoms with Crippen molar-refractivity contribution in [3.05, 3.63) is 18.2 Å². The fourth-order valence-corrected chi connectivity index (χ4v) is 1.59. The smallest absolute Gasteiger partial charge is 0.0568 e.